The Balaban J connectivity index is 1.46. The quantitative estimate of drug-likeness (QED) is 0.521. The van der Waals surface area contributed by atoms with Crippen LogP contribution in [0.5, 0.6) is 0 Å². The van der Waals surface area contributed by atoms with E-state index in [1.54, 1.807) is 36.4 Å². The van der Waals surface area contributed by atoms with Gasteiger partial charge in [0.1, 0.15) is 6.33 Å². The van der Waals surface area contributed by atoms with Crippen LogP contribution in [0, 0.1) is 5.92 Å². The first-order valence-electron chi connectivity index (χ1n) is 11.0. The lowest BCUT2D eigenvalue weighted by Crippen LogP contribution is -2.36. The van der Waals surface area contributed by atoms with E-state index in [1.807, 2.05) is 0 Å². The molecule has 2 fully saturated rings. The summed E-state index contributed by atoms with van der Waals surface area (Å²) in [5.41, 5.74) is -0.140. The van der Waals surface area contributed by atoms with Crippen molar-refractivity contribution in [3.05, 3.63) is 65.5 Å². The molecule has 0 spiro atoms. The molecule has 0 bridgehead atoms. The van der Waals surface area contributed by atoms with E-state index >= 15 is 0 Å². The highest BCUT2D eigenvalue weighted by atomic mass is 19.4. The number of rotatable bonds is 7. The maximum atomic E-state index is 13.5. The van der Waals surface area contributed by atoms with Gasteiger partial charge in [0.15, 0.2) is 5.82 Å². The van der Waals surface area contributed by atoms with Crippen LogP contribution in [-0.4, -0.2) is 42.1 Å². The molecule has 2 saturated carbocycles. The summed E-state index contributed by atoms with van der Waals surface area (Å²) in [6.45, 7) is 2.24. The van der Waals surface area contributed by atoms with Crippen molar-refractivity contribution in [2.45, 2.75) is 50.7 Å². The van der Waals surface area contributed by atoms with Gasteiger partial charge in [0, 0.05) is 24.5 Å². The third-order valence-corrected chi connectivity index (χ3v) is 6.10. The van der Waals surface area contributed by atoms with E-state index in [0.717, 1.165) is 31.7 Å². The van der Waals surface area contributed by atoms with Crippen LogP contribution in [0.15, 0.2) is 43.0 Å². The van der Waals surface area contributed by atoms with Gasteiger partial charge in [0.2, 0.25) is 0 Å². The van der Waals surface area contributed by atoms with Crippen molar-refractivity contribution < 1.29 is 18.0 Å². The normalized spacial score (nSPS) is 17.1. The zero-order valence-corrected chi connectivity index (χ0v) is 18.0. The Morgan fingerprint density at radius 3 is 2.48 bits per heavy atom. The molecule has 7 nitrogen and oxygen atoms in total. The van der Waals surface area contributed by atoms with Gasteiger partial charge in [0.25, 0.3) is 11.9 Å². The van der Waals surface area contributed by atoms with E-state index in [0.29, 0.717) is 29.8 Å². The number of aromatic nitrogens is 5. The fraction of sp³-hybridized carbons (Fsp3) is 0.435. The van der Waals surface area contributed by atoms with Crippen molar-refractivity contribution in [2.75, 3.05) is 6.54 Å². The fourth-order valence-electron chi connectivity index (χ4n) is 3.87. The van der Waals surface area contributed by atoms with Gasteiger partial charge >= 0.3 is 6.18 Å². The summed E-state index contributed by atoms with van der Waals surface area (Å²) in [6, 6.07) is 4.91. The summed E-state index contributed by atoms with van der Waals surface area (Å²) in [5.74, 6) is 0.720. The SMILES string of the molecule is C[C@@H](c1ncn(-c2ncccn2)n1)N(CC1CC1)C(=O)c1cc(C2CC2)cc(C(F)(F)F)c1. The van der Waals surface area contributed by atoms with Crippen molar-refractivity contribution in [1.29, 1.82) is 0 Å². The van der Waals surface area contributed by atoms with Crippen LogP contribution in [-0.2, 0) is 6.18 Å². The van der Waals surface area contributed by atoms with Crippen LogP contribution in [0.1, 0.15) is 71.9 Å². The van der Waals surface area contributed by atoms with Gasteiger partial charge in [-0.25, -0.2) is 15.0 Å². The molecule has 10 heteroatoms. The molecule has 172 valence electrons. The molecular formula is C23H23F3N6O. The standard InChI is InChI=1S/C23H23F3N6O/c1-14(20-29-13-32(30-20)22-27-7-2-8-28-22)31(12-15-3-4-15)21(33)18-9-17(16-5-6-16)10-19(11-18)23(24,25)26/h2,7-11,13-16H,3-6,12H2,1H3/t14-/m0/s1. The highest BCUT2D eigenvalue weighted by Crippen LogP contribution is 2.43. The highest BCUT2D eigenvalue weighted by molar-refractivity contribution is 5.95. The molecule has 5 rings (SSSR count). The van der Waals surface area contributed by atoms with Crippen molar-refractivity contribution >= 4 is 5.91 Å². The van der Waals surface area contributed by atoms with E-state index < -0.39 is 23.7 Å². The number of hydrogen-bond acceptors (Lipinski definition) is 5. The monoisotopic (exact) mass is 456 g/mol. The number of halogens is 3. The maximum absolute atomic E-state index is 13.5. The number of carbonyl (C=O) groups is 1. The second-order valence-electron chi connectivity index (χ2n) is 8.79. The summed E-state index contributed by atoms with van der Waals surface area (Å²) in [5, 5.41) is 4.42. The Labute approximate surface area is 188 Å². The van der Waals surface area contributed by atoms with Crippen LogP contribution >= 0.6 is 0 Å². The molecule has 2 aromatic heterocycles. The second kappa shape index (κ2) is 8.24. The lowest BCUT2D eigenvalue weighted by atomic mass is 10.0. The van der Waals surface area contributed by atoms with Crippen molar-refractivity contribution in [3.8, 4) is 5.95 Å². The Hall–Kier alpha value is -3.30. The summed E-state index contributed by atoms with van der Waals surface area (Å²) < 4.78 is 42.1. The predicted octanol–water partition coefficient (Wildman–Crippen LogP) is 4.57. The molecule has 0 N–H and O–H groups in total. The molecule has 0 radical (unpaired) electrons. The van der Waals surface area contributed by atoms with Crippen LogP contribution in [0.4, 0.5) is 13.2 Å². The van der Waals surface area contributed by atoms with Crippen molar-refractivity contribution in [1.82, 2.24) is 29.6 Å². The Bertz CT molecular complexity index is 1150. The molecular weight excluding hydrogens is 433 g/mol. The van der Waals surface area contributed by atoms with E-state index in [2.05, 4.69) is 20.1 Å². The molecule has 2 aliphatic carbocycles. The third kappa shape index (κ3) is 4.74. The maximum Gasteiger partial charge on any atom is 0.416 e. The predicted molar refractivity (Wildman–Crippen MR) is 113 cm³/mol. The van der Waals surface area contributed by atoms with Crippen LogP contribution in [0.2, 0.25) is 0 Å². The Morgan fingerprint density at radius 2 is 1.85 bits per heavy atom. The number of hydrogen-bond donors (Lipinski definition) is 0. The lowest BCUT2D eigenvalue weighted by Gasteiger charge is -2.28. The van der Waals surface area contributed by atoms with E-state index in [-0.39, 0.29) is 11.5 Å². The van der Waals surface area contributed by atoms with Gasteiger partial charge in [0.05, 0.1) is 11.6 Å². The minimum absolute atomic E-state index is 0.0602. The summed E-state index contributed by atoms with van der Waals surface area (Å²) in [4.78, 5) is 27.7. The number of amides is 1. The fourth-order valence-corrected chi connectivity index (χ4v) is 3.87. The third-order valence-electron chi connectivity index (χ3n) is 6.10. The number of benzene rings is 1. The van der Waals surface area contributed by atoms with Crippen molar-refractivity contribution in [3.63, 3.8) is 0 Å². The first kappa shape index (κ1) is 21.5. The largest absolute Gasteiger partial charge is 0.416 e. The first-order valence-corrected chi connectivity index (χ1v) is 11.0. The number of nitrogens with zero attached hydrogens (tertiary/aromatic N) is 6. The van der Waals surface area contributed by atoms with Gasteiger partial charge in [-0.05, 0) is 74.3 Å². The average Bonchev–Trinajstić information content (AvgIpc) is 3.75. The molecule has 2 heterocycles. The van der Waals surface area contributed by atoms with Crippen LogP contribution < -0.4 is 0 Å². The lowest BCUT2D eigenvalue weighted by molar-refractivity contribution is -0.137. The van der Waals surface area contributed by atoms with Crippen LogP contribution in [0.3, 0.4) is 0 Å². The van der Waals surface area contributed by atoms with Crippen LogP contribution in [0.25, 0.3) is 5.95 Å². The minimum Gasteiger partial charge on any atom is -0.328 e. The smallest absolute Gasteiger partial charge is 0.328 e. The Morgan fingerprint density at radius 1 is 1.12 bits per heavy atom. The molecule has 1 aromatic carbocycles. The number of alkyl halides is 3. The van der Waals surface area contributed by atoms with E-state index in [1.165, 1.54) is 17.1 Å². The van der Waals surface area contributed by atoms with Crippen molar-refractivity contribution in [2.24, 2.45) is 5.92 Å². The molecule has 1 amide bonds. The molecule has 0 saturated heterocycles. The van der Waals surface area contributed by atoms with Gasteiger partial charge in [-0.2, -0.15) is 17.9 Å². The topological polar surface area (TPSA) is 76.8 Å². The molecule has 0 unspecified atom stereocenters. The van der Waals surface area contributed by atoms with Gasteiger partial charge in [-0.3, -0.25) is 4.79 Å². The van der Waals surface area contributed by atoms with Gasteiger partial charge in [-0.1, -0.05) is 0 Å². The van der Waals surface area contributed by atoms with Gasteiger partial charge in [-0.15, -0.1) is 5.10 Å². The zero-order valence-electron chi connectivity index (χ0n) is 18.0. The average molecular weight is 456 g/mol. The summed E-state index contributed by atoms with van der Waals surface area (Å²) in [6.07, 6.45) is 3.81. The molecule has 33 heavy (non-hydrogen) atoms. The molecule has 2 aliphatic rings. The number of carbonyl (C=O) groups excluding carboxylic acids is 1. The summed E-state index contributed by atoms with van der Waals surface area (Å²) in [7, 11) is 0. The van der Waals surface area contributed by atoms with E-state index in [4.69, 9.17) is 0 Å². The molecule has 0 aliphatic heterocycles. The molecule has 1 atom stereocenters. The highest BCUT2D eigenvalue weighted by Gasteiger charge is 2.36. The summed E-state index contributed by atoms with van der Waals surface area (Å²) >= 11 is 0. The first-order chi connectivity index (χ1) is 15.8. The van der Waals surface area contributed by atoms with E-state index in [9.17, 15) is 18.0 Å². The zero-order chi connectivity index (χ0) is 23.2. The Kier molecular flexibility index (Phi) is 5.38. The van der Waals surface area contributed by atoms with Gasteiger partial charge < -0.3 is 4.90 Å². The second-order valence-corrected chi connectivity index (χ2v) is 8.79. The minimum atomic E-state index is -4.51. The molecule has 3 aromatic rings.